The van der Waals surface area contributed by atoms with Gasteiger partial charge in [-0.25, -0.2) is 0 Å². The maximum Gasteiger partial charge on any atom is 0.265 e. The van der Waals surface area contributed by atoms with E-state index in [-0.39, 0.29) is 11.8 Å². The van der Waals surface area contributed by atoms with Crippen molar-refractivity contribution in [2.75, 3.05) is 49.6 Å². The minimum absolute atomic E-state index is 0.0284. The Balaban J connectivity index is 1.39. The summed E-state index contributed by atoms with van der Waals surface area (Å²) in [6.45, 7) is 4.59. The van der Waals surface area contributed by atoms with E-state index < -0.39 is 0 Å². The third-order valence-corrected chi connectivity index (χ3v) is 7.27. The molecule has 33 heavy (non-hydrogen) atoms. The molecule has 2 aliphatic heterocycles. The molecule has 1 aromatic heterocycles. The summed E-state index contributed by atoms with van der Waals surface area (Å²) in [5.74, 6) is -0.136. The van der Waals surface area contributed by atoms with E-state index in [4.69, 9.17) is 4.74 Å². The first-order valence-corrected chi connectivity index (χ1v) is 12.2. The fourth-order valence-corrected chi connectivity index (χ4v) is 5.47. The molecule has 0 atom stereocenters. The number of amides is 2. The average Bonchev–Trinajstić information content (AvgIpc) is 3.56. The Labute approximate surface area is 197 Å². The van der Waals surface area contributed by atoms with Gasteiger partial charge in [-0.05, 0) is 42.7 Å². The zero-order valence-electron chi connectivity index (χ0n) is 18.5. The van der Waals surface area contributed by atoms with E-state index in [1.165, 1.54) is 11.3 Å². The number of benzene rings is 2. The van der Waals surface area contributed by atoms with Crippen LogP contribution in [0.3, 0.4) is 0 Å². The Morgan fingerprint density at radius 3 is 2.39 bits per heavy atom. The summed E-state index contributed by atoms with van der Waals surface area (Å²) in [5, 5.41) is 4.09. The summed E-state index contributed by atoms with van der Waals surface area (Å²) in [7, 11) is 0. The van der Waals surface area contributed by atoms with Crippen LogP contribution in [0.15, 0.2) is 60.7 Å². The van der Waals surface area contributed by atoms with Gasteiger partial charge in [0.25, 0.3) is 11.8 Å². The number of rotatable bonds is 5. The standard InChI is InChI=1S/C26H27N3O3S/c30-24(27-21-10-6-9-20(17-21)25(31)28-11-4-5-12-28)23-18-22(19-7-2-1-3-8-19)26(33-23)29-13-15-32-16-14-29/h1-3,6-10,17-18H,4-5,11-16H2,(H,27,30). The summed E-state index contributed by atoms with van der Waals surface area (Å²) < 4.78 is 5.52. The zero-order valence-corrected chi connectivity index (χ0v) is 19.3. The van der Waals surface area contributed by atoms with Crippen LogP contribution in [0.4, 0.5) is 10.7 Å². The van der Waals surface area contributed by atoms with Gasteiger partial charge in [-0.2, -0.15) is 0 Å². The number of carbonyl (C=O) groups is 2. The maximum atomic E-state index is 13.2. The van der Waals surface area contributed by atoms with E-state index in [0.29, 0.717) is 29.3 Å². The predicted molar refractivity (Wildman–Crippen MR) is 132 cm³/mol. The molecule has 3 aromatic rings. The number of thiophene rings is 1. The molecule has 7 heteroatoms. The van der Waals surface area contributed by atoms with Crippen molar-refractivity contribution in [2.45, 2.75) is 12.8 Å². The van der Waals surface area contributed by atoms with E-state index in [2.05, 4.69) is 22.3 Å². The Hall–Kier alpha value is -3.16. The molecule has 0 bridgehead atoms. The highest BCUT2D eigenvalue weighted by Crippen LogP contribution is 2.39. The second kappa shape index (κ2) is 9.77. The molecule has 170 valence electrons. The van der Waals surface area contributed by atoms with Gasteiger partial charge in [-0.1, -0.05) is 36.4 Å². The van der Waals surface area contributed by atoms with Gasteiger partial charge in [-0.3, -0.25) is 9.59 Å². The second-order valence-corrected chi connectivity index (χ2v) is 9.36. The molecule has 2 fully saturated rings. The number of morpholine rings is 1. The van der Waals surface area contributed by atoms with Crippen molar-refractivity contribution in [3.8, 4) is 11.1 Å². The first kappa shape index (κ1) is 21.7. The van der Waals surface area contributed by atoms with Gasteiger partial charge in [-0.15, -0.1) is 11.3 Å². The van der Waals surface area contributed by atoms with Crippen LogP contribution in [0.1, 0.15) is 32.9 Å². The molecule has 0 unspecified atom stereocenters. The van der Waals surface area contributed by atoms with Crippen molar-refractivity contribution < 1.29 is 14.3 Å². The van der Waals surface area contributed by atoms with E-state index in [1.807, 2.05) is 47.4 Å². The number of carbonyl (C=O) groups excluding carboxylic acids is 2. The van der Waals surface area contributed by atoms with Crippen LogP contribution in [-0.4, -0.2) is 56.1 Å². The number of nitrogens with zero attached hydrogens (tertiary/aromatic N) is 2. The maximum absolute atomic E-state index is 13.2. The minimum atomic E-state index is -0.164. The lowest BCUT2D eigenvalue weighted by Gasteiger charge is -2.28. The molecule has 3 heterocycles. The van der Waals surface area contributed by atoms with Gasteiger partial charge in [0.1, 0.15) is 0 Å². The Bertz CT molecular complexity index is 1130. The SMILES string of the molecule is O=C(Nc1cccc(C(=O)N2CCCC2)c1)c1cc(-c2ccccc2)c(N2CCOCC2)s1. The second-order valence-electron chi connectivity index (χ2n) is 8.33. The fraction of sp³-hybridized carbons (Fsp3) is 0.308. The van der Waals surface area contributed by atoms with Gasteiger partial charge >= 0.3 is 0 Å². The molecule has 6 nitrogen and oxygen atoms in total. The molecule has 2 amide bonds. The minimum Gasteiger partial charge on any atom is -0.378 e. The van der Waals surface area contributed by atoms with Crippen molar-refractivity contribution in [1.82, 2.24) is 4.90 Å². The molecule has 2 saturated heterocycles. The number of ether oxygens (including phenoxy) is 1. The zero-order chi connectivity index (χ0) is 22.6. The van der Waals surface area contributed by atoms with Crippen molar-refractivity contribution in [3.63, 3.8) is 0 Å². The monoisotopic (exact) mass is 461 g/mol. The van der Waals surface area contributed by atoms with Crippen molar-refractivity contribution >= 4 is 33.8 Å². The Kier molecular flexibility index (Phi) is 6.41. The molecular weight excluding hydrogens is 434 g/mol. The third kappa shape index (κ3) is 4.79. The Morgan fingerprint density at radius 1 is 0.879 bits per heavy atom. The summed E-state index contributed by atoms with van der Waals surface area (Å²) in [6, 6.07) is 19.4. The smallest absolute Gasteiger partial charge is 0.265 e. The number of hydrogen-bond acceptors (Lipinski definition) is 5. The molecular formula is C26H27N3O3S. The number of nitrogens with one attached hydrogen (secondary N) is 1. The normalized spacial score (nSPS) is 16.1. The lowest BCUT2D eigenvalue weighted by molar-refractivity contribution is 0.0792. The van der Waals surface area contributed by atoms with Crippen LogP contribution in [0.25, 0.3) is 11.1 Å². The van der Waals surface area contributed by atoms with Gasteiger partial charge in [0.05, 0.1) is 23.1 Å². The number of hydrogen-bond donors (Lipinski definition) is 1. The number of anilines is 2. The quantitative estimate of drug-likeness (QED) is 0.596. The molecule has 0 radical (unpaired) electrons. The summed E-state index contributed by atoms with van der Waals surface area (Å²) in [4.78, 5) is 30.7. The summed E-state index contributed by atoms with van der Waals surface area (Å²) in [6.07, 6.45) is 2.10. The van der Waals surface area contributed by atoms with Crippen LogP contribution in [0, 0.1) is 0 Å². The molecule has 0 spiro atoms. The van der Waals surface area contributed by atoms with E-state index in [1.54, 1.807) is 6.07 Å². The first-order valence-electron chi connectivity index (χ1n) is 11.4. The lowest BCUT2D eigenvalue weighted by atomic mass is 10.1. The first-order chi connectivity index (χ1) is 16.2. The fourth-order valence-electron chi connectivity index (χ4n) is 4.34. The predicted octanol–water partition coefficient (Wildman–Crippen LogP) is 4.74. The van der Waals surface area contributed by atoms with Crippen molar-refractivity contribution in [2.24, 2.45) is 0 Å². The van der Waals surface area contributed by atoms with E-state index >= 15 is 0 Å². The van der Waals surface area contributed by atoms with Gasteiger partial charge in [0.15, 0.2) is 0 Å². The lowest BCUT2D eigenvalue weighted by Crippen LogP contribution is -2.35. The third-order valence-electron chi connectivity index (χ3n) is 6.08. The van der Waals surface area contributed by atoms with Gasteiger partial charge < -0.3 is 19.9 Å². The molecule has 0 aliphatic carbocycles. The summed E-state index contributed by atoms with van der Waals surface area (Å²) in [5.41, 5.74) is 3.39. The van der Waals surface area contributed by atoms with E-state index in [0.717, 1.165) is 55.1 Å². The molecule has 2 aromatic carbocycles. The van der Waals surface area contributed by atoms with Crippen LogP contribution in [-0.2, 0) is 4.74 Å². The van der Waals surface area contributed by atoms with Crippen LogP contribution >= 0.6 is 11.3 Å². The Morgan fingerprint density at radius 2 is 1.64 bits per heavy atom. The van der Waals surface area contributed by atoms with Crippen molar-refractivity contribution in [3.05, 3.63) is 71.1 Å². The average molecular weight is 462 g/mol. The van der Waals surface area contributed by atoms with Crippen molar-refractivity contribution in [1.29, 1.82) is 0 Å². The molecule has 0 saturated carbocycles. The molecule has 5 rings (SSSR count). The van der Waals surface area contributed by atoms with E-state index in [9.17, 15) is 9.59 Å². The summed E-state index contributed by atoms with van der Waals surface area (Å²) >= 11 is 1.50. The highest BCUT2D eigenvalue weighted by Gasteiger charge is 2.23. The topological polar surface area (TPSA) is 61.9 Å². The molecule has 1 N–H and O–H groups in total. The van der Waals surface area contributed by atoms with Crippen LogP contribution < -0.4 is 10.2 Å². The van der Waals surface area contributed by atoms with Gasteiger partial charge in [0.2, 0.25) is 0 Å². The van der Waals surface area contributed by atoms with Gasteiger partial charge in [0, 0.05) is 43.0 Å². The largest absolute Gasteiger partial charge is 0.378 e. The number of likely N-dealkylation sites (tertiary alicyclic amines) is 1. The van der Waals surface area contributed by atoms with Crippen LogP contribution in [0.2, 0.25) is 0 Å². The highest BCUT2D eigenvalue weighted by molar-refractivity contribution is 7.18. The highest BCUT2D eigenvalue weighted by atomic mass is 32.1. The molecule has 2 aliphatic rings. The van der Waals surface area contributed by atoms with Crippen LogP contribution in [0.5, 0.6) is 0 Å².